The Morgan fingerprint density at radius 1 is 1.59 bits per heavy atom. The summed E-state index contributed by atoms with van der Waals surface area (Å²) < 4.78 is 0.947. The van der Waals surface area contributed by atoms with Crippen molar-refractivity contribution in [3.63, 3.8) is 0 Å². The van der Waals surface area contributed by atoms with Crippen molar-refractivity contribution in [2.45, 2.75) is 13.0 Å². The molecule has 1 aliphatic heterocycles. The third-order valence-corrected chi connectivity index (χ3v) is 3.99. The number of nitrogens with one attached hydrogen (secondary N) is 1. The topological polar surface area (TPSA) is 32.3 Å². The Hall–Kier alpha value is -0.330. The monoisotopic (exact) mass is 364 g/mol. The van der Waals surface area contributed by atoms with Gasteiger partial charge in [-0.15, -0.1) is 0 Å². The lowest BCUT2D eigenvalue weighted by Crippen LogP contribution is -2.51. The van der Waals surface area contributed by atoms with E-state index in [1.165, 1.54) is 0 Å². The van der Waals surface area contributed by atoms with Crippen LogP contribution in [0.1, 0.15) is 17.3 Å². The Labute approximate surface area is 120 Å². The molecule has 0 spiro atoms. The van der Waals surface area contributed by atoms with Crippen LogP contribution in [0.25, 0.3) is 0 Å². The number of rotatable bonds is 1. The SMILES string of the molecule is CC1CN(C(=O)c2cc(Cl)ccc2I)CCN1. The van der Waals surface area contributed by atoms with Crippen molar-refractivity contribution in [3.8, 4) is 0 Å². The van der Waals surface area contributed by atoms with E-state index >= 15 is 0 Å². The number of amides is 1. The fraction of sp³-hybridized carbons (Fsp3) is 0.417. The normalized spacial score (nSPS) is 20.4. The van der Waals surface area contributed by atoms with E-state index in [0.717, 1.165) is 23.2 Å². The molecule has 2 rings (SSSR count). The molecule has 1 N–H and O–H groups in total. The Balaban J connectivity index is 2.21. The minimum Gasteiger partial charge on any atom is -0.336 e. The summed E-state index contributed by atoms with van der Waals surface area (Å²) in [5.74, 6) is 0.0743. The van der Waals surface area contributed by atoms with E-state index in [2.05, 4.69) is 34.8 Å². The molecule has 1 heterocycles. The van der Waals surface area contributed by atoms with Crippen molar-refractivity contribution in [3.05, 3.63) is 32.4 Å². The second kappa shape index (κ2) is 5.54. The molecule has 1 saturated heterocycles. The van der Waals surface area contributed by atoms with Crippen LogP contribution >= 0.6 is 34.2 Å². The van der Waals surface area contributed by atoms with Crippen molar-refractivity contribution in [1.29, 1.82) is 0 Å². The smallest absolute Gasteiger partial charge is 0.255 e. The summed E-state index contributed by atoms with van der Waals surface area (Å²) in [5, 5.41) is 3.93. The molecular formula is C12H14ClIN2O. The fourth-order valence-corrected chi connectivity index (χ4v) is 2.69. The van der Waals surface area contributed by atoms with Gasteiger partial charge < -0.3 is 10.2 Å². The number of carbonyl (C=O) groups excluding carboxylic acids is 1. The second-order valence-electron chi connectivity index (χ2n) is 4.23. The third-order valence-electron chi connectivity index (χ3n) is 2.81. The fourth-order valence-electron chi connectivity index (χ4n) is 1.95. The van der Waals surface area contributed by atoms with Crippen LogP contribution in [0.4, 0.5) is 0 Å². The van der Waals surface area contributed by atoms with Gasteiger partial charge in [0, 0.05) is 34.3 Å². The Bertz CT molecular complexity index is 439. The van der Waals surface area contributed by atoms with Crippen molar-refractivity contribution in [2.24, 2.45) is 0 Å². The number of benzene rings is 1. The van der Waals surface area contributed by atoms with Crippen LogP contribution in [0, 0.1) is 3.57 Å². The van der Waals surface area contributed by atoms with Gasteiger partial charge in [0.1, 0.15) is 0 Å². The largest absolute Gasteiger partial charge is 0.336 e. The first-order valence-corrected chi connectivity index (χ1v) is 7.01. The summed E-state index contributed by atoms with van der Waals surface area (Å²) in [7, 11) is 0. The summed E-state index contributed by atoms with van der Waals surface area (Å²) in [6.07, 6.45) is 0. The van der Waals surface area contributed by atoms with E-state index in [1.807, 2.05) is 11.0 Å². The highest BCUT2D eigenvalue weighted by Gasteiger charge is 2.23. The van der Waals surface area contributed by atoms with Crippen LogP contribution in [-0.2, 0) is 0 Å². The molecular weight excluding hydrogens is 351 g/mol. The molecule has 1 unspecified atom stereocenters. The highest BCUT2D eigenvalue weighted by Crippen LogP contribution is 2.20. The van der Waals surface area contributed by atoms with Gasteiger partial charge in [-0.3, -0.25) is 4.79 Å². The first-order valence-electron chi connectivity index (χ1n) is 5.55. The van der Waals surface area contributed by atoms with Gasteiger partial charge in [-0.25, -0.2) is 0 Å². The second-order valence-corrected chi connectivity index (χ2v) is 5.83. The van der Waals surface area contributed by atoms with Gasteiger partial charge in [-0.1, -0.05) is 11.6 Å². The maximum absolute atomic E-state index is 12.4. The third kappa shape index (κ3) is 3.11. The quantitative estimate of drug-likeness (QED) is 0.776. The molecule has 1 fully saturated rings. The standard InChI is InChI=1S/C12H14ClIN2O/c1-8-7-16(5-4-15-8)12(17)10-6-9(13)2-3-11(10)14/h2-3,6,8,15H,4-5,7H2,1H3. The molecule has 0 aromatic heterocycles. The molecule has 92 valence electrons. The molecule has 1 aromatic carbocycles. The summed E-state index contributed by atoms with van der Waals surface area (Å²) in [6, 6.07) is 5.78. The summed E-state index contributed by atoms with van der Waals surface area (Å²) in [5.41, 5.74) is 0.701. The molecule has 1 aromatic rings. The van der Waals surface area contributed by atoms with Crippen molar-refractivity contribution in [2.75, 3.05) is 19.6 Å². The average molecular weight is 365 g/mol. The van der Waals surface area contributed by atoms with Crippen LogP contribution in [0.3, 0.4) is 0 Å². The highest BCUT2D eigenvalue weighted by atomic mass is 127. The molecule has 0 saturated carbocycles. The molecule has 5 heteroatoms. The highest BCUT2D eigenvalue weighted by molar-refractivity contribution is 14.1. The van der Waals surface area contributed by atoms with Gasteiger partial charge in [-0.2, -0.15) is 0 Å². The van der Waals surface area contributed by atoms with E-state index in [-0.39, 0.29) is 5.91 Å². The predicted octanol–water partition coefficient (Wildman–Crippen LogP) is 2.38. The predicted molar refractivity (Wildman–Crippen MR) is 77.5 cm³/mol. The van der Waals surface area contributed by atoms with Gasteiger partial charge in [0.2, 0.25) is 0 Å². The minimum absolute atomic E-state index is 0.0743. The van der Waals surface area contributed by atoms with Gasteiger partial charge >= 0.3 is 0 Å². The molecule has 3 nitrogen and oxygen atoms in total. The lowest BCUT2D eigenvalue weighted by atomic mass is 10.1. The summed E-state index contributed by atoms with van der Waals surface area (Å²) in [6.45, 7) is 4.44. The molecule has 17 heavy (non-hydrogen) atoms. The van der Waals surface area contributed by atoms with E-state index in [9.17, 15) is 4.79 Å². The first kappa shape index (κ1) is 13.1. The zero-order valence-corrected chi connectivity index (χ0v) is 12.5. The zero-order chi connectivity index (χ0) is 12.4. The number of piperazine rings is 1. The molecule has 0 radical (unpaired) electrons. The van der Waals surface area contributed by atoms with Crippen LogP contribution in [-0.4, -0.2) is 36.5 Å². The molecule has 1 atom stereocenters. The zero-order valence-electron chi connectivity index (χ0n) is 9.54. The van der Waals surface area contributed by atoms with Gasteiger partial charge in [0.05, 0.1) is 5.56 Å². The summed E-state index contributed by atoms with van der Waals surface area (Å²) in [4.78, 5) is 14.2. The maximum Gasteiger partial charge on any atom is 0.255 e. The van der Waals surface area contributed by atoms with Crippen molar-refractivity contribution < 1.29 is 4.79 Å². The number of halogens is 2. The number of hydrogen-bond acceptors (Lipinski definition) is 2. The van der Waals surface area contributed by atoms with Crippen LogP contribution in [0.2, 0.25) is 5.02 Å². The number of hydrogen-bond donors (Lipinski definition) is 1. The van der Waals surface area contributed by atoms with Crippen LogP contribution < -0.4 is 5.32 Å². The van der Waals surface area contributed by atoms with Gasteiger partial charge in [-0.05, 0) is 47.7 Å². The summed E-state index contributed by atoms with van der Waals surface area (Å²) >= 11 is 8.11. The minimum atomic E-state index is 0.0743. The van der Waals surface area contributed by atoms with E-state index in [4.69, 9.17) is 11.6 Å². The Morgan fingerprint density at radius 3 is 3.06 bits per heavy atom. The van der Waals surface area contributed by atoms with E-state index in [1.54, 1.807) is 12.1 Å². The lowest BCUT2D eigenvalue weighted by molar-refractivity contribution is 0.0708. The number of nitrogens with zero attached hydrogens (tertiary/aromatic N) is 1. The van der Waals surface area contributed by atoms with Crippen LogP contribution in [0.15, 0.2) is 18.2 Å². The van der Waals surface area contributed by atoms with Crippen LogP contribution in [0.5, 0.6) is 0 Å². The average Bonchev–Trinajstić information content (AvgIpc) is 2.31. The molecule has 0 aliphatic carbocycles. The molecule has 0 bridgehead atoms. The molecule has 1 aliphatic rings. The Morgan fingerprint density at radius 2 is 2.35 bits per heavy atom. The van der Waals surface area contributed by atoms with Crippen molar-refractivity contribution >= 4 is 40.1 Å². The maximum atomic E-state index is 12.4. The first-order chi connectivity index (χ1) is 8.08. The Kier molecular flexibility index (Phi) is 4.27. The lowest BCUT2D eigenvalue weighted by Gasteiger charge is -2.32. The van der Waals surface area contributed by atoms with E-state index in [0.29, 0.717) is 16.6 Å². The van der Waals surface area contributed by atoms with Gasteiger partial charge in [0.25, 0.3) is 5.91 Å². The van der Waals surface area contributed by atoms with Crippen molar-refractivity contribution in [1.82, 2.24) is 10.2 Å². The number of carbonyl (C=O) groups is 1. The van der Waals surface area contributed by atoms with E-state index < -0.39 is 0 Å². The van der Waals surface area contributed by atoms with Gasteiger partial charge in [0.15, 0.2) is 0 Å². The molecule has 1 amide bonds.